The number of H-pyrrole nitrogens is 1. The number of ether oxygens (including phenoxy) is 6. The second kappa shape index (κ2) is 28.1. The summed E-state index contributed by atoms with van der Waals surface area (Å²) in [5.41, 5.74) is 0.900. The monoisotopic (exact) mass is 1210 g/mol. The van der Waals surface area contributed by atoms with E-state index in [9.17, 15) is 32.9 Å². The highest BCUT2D eigenvalue weighted by Crippen LogP contribution is 2.51. The first kappa shape index (κ1) is 62.0. The van der Waals surface area contributed by atoms with Gasteiger partial charge in [0.05, 0.1) is 74.7 Å². The normalized spacial score (nSPS) is 15.7. The number of nitriles is 1. The van der Waals surface area contributed by atoms with Gasteiger partial charge in [0.2, 0.25) is 11.9 Å². The summed E-state index contributed by atoms with van der Waals surface area (Å²) < 4.78 is 80.1. The van der Waals surface area contributed by atoms with Crippen molar-refractivity contribution in [2.75, 3.05) is 51.7 Å². The minimum absolute atomic E-state index is 0.00806. The van der Waals surface area contributed by atoms with Crippen LogP contribution in [-0.4, -0.2) is 126 Å². The largest absolute Gasteiger partial charge is 0.497 e. The molecule has 3 aromatic heterocycles. The highest BCUT2D eigenvalue weighted by molar-refractivity contribution is 7.91. The summed E-state index contributed by atoms with van der Waals surface area (Å²) in [7, 11) is -2.32. The number of amides is 2. The highest BCUT2D eigenvalue weighted by atomic mass is 32.2. The Morgan fingerprint density at radius 2 is 1.49 bits per heavy atom. The summed E-state index contributed by atoms with van der Waals surface area (Å²) in [6.07, 6.45) is -1.50. The van der Waals surface area contributed by atoms with Crippen LogP contribution in [0.1, 0.15) is 69.9 Å². The molecule has 1 unspecified atom stereocenters. The van der Waals surface area contributed by atoms with Crippen LogP contribution < -0.4 is 30.4 Å². The van der Waals surface area contributed by atoms with Crippen LogP contribution in [0.3, 0.4) is 0 Å². The number of nitrogens with one attached hydrogen (secondary N) is 3. The molecule has 9 rings (SSSR count). The molecule has 25 heteroatoms. The van der Waals surface area contributed by atoms with Crippen LogP contribution in [0, 0.1) is 11.3 Å². The second-order valence-electron chi connectivity index (χ2n) is 20.4. The Bertz CT molecular complexity index is 3780. The van der Waals surface area contributed by atoms with Gasteiger partial charge in [0, 0.05) is 36.9 Å². The number of nitrogens with zero attached hydrogens (tertiary/aromatic N) is 6. The Hall–Kier alpha value is -8.53. The number of carbonyl (C=O) groups is 3. The van der Waals surface area contributed by atoms with E-state index >= 15 is 0 Å². The molecule has 1 aliphatic heterocycles. The lowest BCUT2D eigenvalue weighted by atomic mass is 9.80. The van der Waals surface area contributed by atoms with Gasteiger partial charge in [-0.25, -0.2) is 32.2 Å². The summed E-state index contributed by atoms with van der Waals surface area (Å²) in [4.78, 5) is 65.1. The predicted molar refractivity (Wildman–Crippen MR) is 319 cm³/mol. The van der Waals surface area contributed by atoms with Crippen LogP contribution in [0.4, 0.5) is 15.5 Å². The van der Waals surface area contributed by atoms with Gasteiger partial charge in [-0.05, 0) is 92.9 Å². The average molecular weight is 1210 g/mol. The first-order chi connectivity index (χ1) is 41.5. The van der Waals surface area contributed by atoms with E-state index in [1.165, 1.54) is 24.7 Å². The fourth-order valence-electron chi connectivity index (χ4n) is 10.1. The summed E-state index contributed by atoms with van der Waals surface area (Å²) in [5, 5.41) is 15.0. The summed E-state index contributed by atoms with van der Waals surface area (Å²) >= 11 is 0. The fourth-order valence-corrected chi connectivity index (χ4v) is 12.9. The van der Waals surface area contributed by atoms with Crippen LogP contribution in [0.2, 0.25) is 0 Å². The quantitative estimate of drug-likeness (QED) is 0.0258. The van der Waals surface area contributed by atoms with E-state index in [1.807, 2.05) is 107 Å². The van der Waals surface area contributed by atoms with Gasteiger partial charge in [0.15, 0.2) is 26.8 Å². The highest BCUT2D eigenvalue weighted by Gasteiger charge is 2.45. The minimum atomic E-state index is -3.72. The SMILES string of the molecule is COc1ccc(C(OC[C@H]2O[C@@H](n3cnc4c(=O)[nH]c(NC(=O)CCNC(=O)Oc5cn(C(=O)OCCS(=O)(=O)c6ccccc6)c6ccccc56)nc43)C[C@H]2OP(OCCC#N)N(C(C)C)C(C)C)(c2ccccc2)c2ccc(OC)cc2)cc1. The van der Waals surface area contributed by atoms with Crippen LogP contribution in [-0.2, 0) is 43.5 Å². The molecule has 3 N–H and O–H groups in total. The number of benzene rings is 5. The number of imidazole rings is 1. The lowest BCUT2D eigenvalue weighted by molar-refractivity contribution is -0.116. The summed E-state index contributed by atoms with van der Waals surface area (Å²) in [5.74, 6) is 0.0169. The van der Waals surface area contributed by atoms with E-state index in [1.54, 1.807) is 61.3 Å². The molecule has 23 nitrogen and oxygen atoms in total. The Morgan fingerprint density at radius 3 is 2.13 bits per heavy atom. The van der Waals surface area contributed by atoms with Crippen LogP contribution in [0.25, 0.3) is 22.1 Å². The van der Waals surface area contributed by atoms with Gasteiger partial charge in [-0.3, -0.25) is 24.5 Å². The van der Waals surface area contributed by atoms with Gasteiger partial charge in [0.25, 0.3) is 14.1 Å². The molecule has 1 fully saturated rings. The van der Waals surface area contributed by atoms with Gasteiger partial charge in [-0.1, -0.05) is 84.9 Å². The number of rotatable bonds is 26. The molecule has 0 radical (unpaired) electrons. The van der Waals surface area contributed by atoms with E-state index in [0.29, 0.717) is 22.4 Å². The number of hydrogen-bond acceptors (Lipinski definition) is 18. The van der Waals surface area contributed by atoms with Crippen molar-refractivity contribution in [3.05, 3.63) is 173 Å². The molecule has 1 aliphatic rings. The number of aromatic nitrogens is 5. The van der Waals surface area contributed by atoms with E-state index in [0.717, 1.165) is 21.3 Å². The number of hydrogen-bond donors (Lipinski definition) is 3. The van der Waals surface area contributed by atoms with Crippen molar-refractivity contribution in [3.8, 4) is 23.3 Å². The molecule has 0 bridgehead atoms. The molecule has 4 heterocycles. The van der Waals surface area contributed by atoms with Gasteiger partial charge in [0.1, 0.15) is 36.0 Å². The molecule has 0 saturated carbocycles. The Balaban J connectivity index is 0.925. The van der Waals surface area contributed by atoms with Crippen LogP contribution >= 0.6 is 8.53 Å². The molecule has 450 valence electrons. The zero-order chi connectivity index (χ0) is 61.0. The summed E-state index contributed by atoms with van der Waals surface area (Å²) in [6.45, 7) is 7.60. The molecule has 8 aromatic rings. The first-order valence-corrected chi connectivity index (χ1v) is 30.5. The van der Waals surface area contributed by atoms with E-state index in [2.05, 4.69) is 36.3 Å². The lowest BCUT2D eigenvalue weighted by Crippen LogP contribution is -2.39. The number of sulfone groups is 1. The van der Waals surface area contributed by atoms with Crippen molar-refractivity contribution in [1.82, 2.24) is 34.1 Å². The lowest BCUT2D eigenvalue weighted by Gasteiger charge is -2.39. The van der Waals surface area contributed by atoms with Crippen molar-refractivity contribution >= 4 is 64.5 Å². The third-order valence-electron chi connectivity index (χ3n) is 14.1. The van der Waals surface area contributed by atoms with Crippen LogP contribution in [0.15, 0.2) is 156 Å². The minimum Gasteiger partial charge on any atom is -0.497 e. The number of fused-ring (bicyclic) bond motifs is 2. The molecule has 5 aromatic carbocycles. The zero-order valence-electron chi connectivity index (χ0n) is 48.2. The Morgan fingerprint density at radius 1 is 0.860 bits per heavy atom. The van der Waals surface area contributed by atoms with Gasteiger partial charge >= 0.3 is 12.2 Å². The van der Waals surface area contributed by atoms with Crippen molar-refractivity contribution in [1.29, 1.82) is 5.26 Å². The first-order valence-electron chi connectivity index (χ1n) is 27.7. The van der Waals surface area contributed by atoms with E-state index < -0.39 is 78.4 Å². The number of carbonyl (C=O) groups excluding carboxylic acids is 3. The summed E-state index contributed by atoms with van der Waals surface area (Å²) in [6, 6.07) is 41.6. The van der Waals surface area contributed by atoms with Crippen LogP contribution in [0.5, 0.6) is 17.2 Å². The molecule has 86 heavy (non-hydrogen) atoms. The number of methoxy groups -OCH3 is 2. The van der Waals surface area contributed by atoms with E-state index in [4.69, 9.17) is 37.5 Å². The maximum Gasteiger partial charge on any atom is 0.418 e. The van der Waals surface area contributed by atoms with E-state index in [-0.39, 0.29) is 78.9 Å². The maximum absolute atomic E-state index is 13.7. The topological polar surface area (TPSA) is 279 Å². The van der Waals surface area contributed by atoms with Crippen molar-refractivity contribution < 1.29 is 60.3 Å². The number of anilines is 1. The predicted octanol–water partition coefficient (Wildman–Crippen LogP) is 9.62. The molecule has 0 aliphatic carbocycles. The average Bonchev–Trinajstić information content (AvgIpc) is 2.02. The third-order valence-corrected chi connectivity index (χ3v) is 17.9. The Kier molecular flexibility index (Phi) is 20.3. The van der Waals surface area contributed by atoms with Crippen molar-refractivity contribution in [2.45, 2.75) is 88.0 Å². The molecule has 1 saturated heterocycles. The molecule has 0 spiro atoms. The van der Waals surface area contributed by atoms with Crippen molar-refractivity contribution in [3.63, 3.8) is 0 Å². The molecule has 4 atom stereocenters. The second-order valence-corrected chi connectivity index (χ2v) is 23.9. The van der Waals surface area contributed by atoms with Gasteiger partial charge < -0.3 is 42.8 Å². The molecule has 2 amide bonds. The van der Waals surface area contributed by atoms with Gasteiger partial charge in [-0.15, -0.1) is 0 Å². The van der Waals surface area contributed by atoms with Crippen molar-refractivity contribution in [2.24, 2.45) is 0 Å². The van der Waals surface area contributed by atoms with Gasteiger partial charge in [-0.2, -0.15) is 10.2 Å². The zero-order valence-corrected chi connectivity index (χ0v) is 49.9. The Labute approximate surface area is 497 Å². The number of aromatic amines is 1. The molecular formula is C61H66N9O14PS. The number of para-hydroxylation sites is 1. The maximum atomic E-state index is 13.7. The smallest absolute Gasteiger partial charge is 0.418 e. The third kappa shape index (κ3) is 14.2. The molecular weight excluding hydrogens is 1150 g/mol. The standard InChI is InChI=1S/C61H66N9O14PS/c1-40(2)70(41(3)4)85(81-33-15-31-62)84-50-36-54(82-52(50)38-80-61(42-16-9-7-10-17-42,43-22-26-45(77-5)27-23-43)44-24-28-46(78-6)29-25-44)69-39-64-55-56(69)66-58(67-57(55)72)65-53(71)30-32-63-59(73)83-51-37-68(49-21-14-13-20-48(49)51)60(74)79-34-35-86(75,76)47-18-11-8-12-19-47/h7-14,16-29,37,39-41,50,52,54H,15,30,32-36,38H2,1-6H3,(H,63,73)(H2,65,66,67,71,72)/t50-,52-,54-,85?/m1/s1. The fraction of sp³-hybridized carbons (Fsp3) is 0.328.